The lowest BCUT2D eigenvalue weighted by Gasteiger charge is -2.22. The Morgan fingerprint density at radius 2 is 1.93 bits per heavy atom. The number of anilines is 1. The standard InChI is InChI=1S/C21H23F2N3OS2/c1-13-12-28-21(25-13)26-19-10-17(27-20-15(22)8-5-9-16(20)23)18(11-24-19)29-14-6-3-2-4-7-14/h5,8-11,13-14H,2-4,6-7,12H2,1H3,(H,24,25,26). The van der Waals surface area contributed by atoms with E-state index in [9.17, 15) is 8.78 Å². The maximum Gasteiger partial charge on any atom is 0.198 e. The van der Waals surface area contributed by atoms with E-state index in [1.54, 1.807) is 35.8 Å². The van der Waals surface area contributed by atoms with Gasteiger partial charge in [0.25, 0.3) is 0 Å². The number of thioether (sulfide) groups is 2. The van der Waals surface area contributed by atoms with Crippen LogP contribution in [0.4, 0.5) is 14.6 Å². The number of rotatable bonds is 5. The lowest BCUT2D eigenvalue weighted by Crippen LogP contribution is -2.09. The van der Waals surface area contributed by atoms with Gasteiger partial charge in [0.05, 0.1) is 10.9 Å². The molecule has 0 radical (unpaired) electrons. The van der Waals surface area contributed by atoms with E-state index in [-0.39, 0.29) is 6.04 Å². The first-order valence-corrected chi connectivity index (χ1v) is 11.7. The molecule has 1 atom stereocenters. The number of hydrogen-bond donors (Lipinski definition) is 1. The zero-order chi connectivity index (χ0) is 20.2. The quantitative estimate of drug-likeness (QED) is 0.582. The number of amidine groups is 1. The fraction of sp³-hybridized carbons (Fsp3) is 0.429. The van der Waals surface area contributed by atoms with E-state index >= 15 is 0 Å². The molecule has 0 bridgehead atoms. The first-order chi connectivity index (χ1) is 14.1. The van der Waals surface area contributed by atoms with Crippen LogP contribution >= 0.6 is 23.5 Å². The minimum absolute atomic E-state index is 0.256. The number of nitrogens with zero attached hydrogens (tertiary/aromatic N) is 2. The van der Waals surface area contributed by atoms with Crippen molar-refractivity contribution in [2.24, 2.45) is 4.99 Å². The highest BCUT2D eigenvalue weighted by Crippen LogP contribution is 2.41. The third-order valence-corrected chi connectivity index (χ3v) is 7.34. The van der Waals surface area contributed by atoms with E-state index in [2.05, 4.69) is 22.2 Å². The molecule has 1 aromatic heterocycles. The minimum atomic E-state index is -0.727. The van der Waals surface area contributed by atoms with E-state index in [0.717, 1.165) is 28.7 Å². The van der Waals surface area contributed by atoms with Crippen LogP contribution in [0.3, 0.4) is 0 Å². The number of aromatic nitrogens is 1. The van der Waals surface area contributed by atoms with Gasteiger partial charge in [0, 0.05) is 23.3 Å². The van der Waals surface area contributed by atoms with Gasteiger partial charge in [-0.05, 0) is 31.9 Å². The molecular formula is C21H23F2N3OS2. The Kier molecular flexibility index (Phi) is 6.60. The Bertz CT molecular complexity index is 883. The molecule has 0 spiro atoms. The monoisotopic (exact) mass is 435 g/mol. The molecule has 2 aliphatic rings. The molecule has 1 aromatic carbocycles. The predicted octanol–water partition coefficient (Wildman–Crippen LogP) is 6.48. The first-order valence-electron chi connectivity index (χ1n) is 9.84. The summed E-state index contributed by atoms with van der Waals surface area (Å²) < 4.78 is 34.1. The number of hydrogen-bond acceptors (Lipinski definition) is 6. The molecule has 1 N–H and O–H groups in total. The fourth-order valence-corrected chi connectivity index (χ4v) is 5.53. The summed E-state index contributed by atoms with van der Waals surface area (Å²) in [6, 6.07) is 5.66. The molecule has 1 aliphatic carbocycles. The van der Waals surface area contributed by atoms with Crippen molar-refractivity contribution in [2.75, 3.05) is 11.1 Å². The van der Waals surface area contributed by atoms with Gasteiger partial charge in [0.15, 0.2) is 22.6 Å². The molecule has 2 heterocycles. The highest BCUT2D eigenvalue weighted by atomic mass is 32.2. The van der Waals surface area contributed by atoms with Gasteiger partial charge in [-0.2, -0.15) is 0 Å². The number of para-hydroxylation sites is 1. The van der Waals surface area contributed by atoms with Crippen LogP contribution in [0.1, 0.15) is 39.0 Å². The molecule has 4 rings (SSSR count). The molecule has 2 aromatic rings. The number of nitrogens with one attached hydrogen (secondary N) is 1. The van der Waals surface area contributed by atoms with Crippen molar-refractivity contribution in [3.05, 3.63) is 42.1 Å². The van der Waals surface area contributed by atoms with Crippen LogP contribution in [-0.2, 0) is 0 Å². The Morgan fingerprint density at radius 3 is 2.62 bits per heavy atom. The summed E-state index contributed by atoms with van der Waals surface area (Å²) in [5.41, 5.74) is 0. The molecular weight excluding hydrogens is 412 g/mol. The van der Waals surface area contributed by atoms with Gasteiger partial charge in [0.1, 0.15) is 11.6 Å². The van der Waals surface area contributed by atoms with Crippen LogP contribution in [0.25, 0.3) is 0 Å². The summed E-state index contributed by atoms with van der Waals surface area (Å²) in [4.78, 5) is 9.78. The van der Waals surface area contributed by atoms with Crippen molar-refractivity contribution < 1.29 is 13.5 Å². The van der Waals surface area contributed by atoms with Crippen LogP contribution in [-0.4, -0.2) is 27.2 Å². The maximum atomic E-state index is 14.2. The van der Waals surface area contributed by atoms with Gasteiger partial charge in [-0.15, -0.1) is 11.8 Å². The molecule has 4 nitrogen and oxygen atoms in total. The van der Waals surface area contributed by atoms with E-state index in [1.165, 1.54) is 37.5 Å². The van der Waals surface area contributed by atoms with Gasteiger partial charge in [-0.3, -0.25) is 4.99 Å². The van der Waals surface area contributed by atoms with E-state index in [1.807, 2.05) is 0 Å². The lowest BCUT2D eigenvalue weighted by atomic mass is 10.0. The number of aliphatic imine (C=N–C) groups is 1. The van der Waals surface area contributed by atoms with Crippen molar-refractivity contribution in [3.8, 4) is 11.5 Å². The van der Waals surface area contributed by atoms with Crippen molar-refractivity contribution in [1.29, 1.82) is 0 Å². The third kappa shape index (κ3) is 5.22. The van der Waals surface area contributed by atoms with Crippen LogP contribution in [0, 0.1) is 11.6 Å². The van der Waals surface area contributed by atoms with Crippen molar-refractivity contribution >= 4 is 34.5 Å². The second-order valence-electron chi connectivity index (χ2n) is 7.27. The summed E-state index contributed by atoms with van der Waals surface area (Å²) in [5.74, 6) is 0.0194. The zero-order valence-corrected chi connectivity index (χ0v) is 17.8. The van der Waals surface area contributed by atoms with Gasteiger partial charge in [0.2, 0.25) is 0 Å². The zero-order valence-electron chi connectivity index (χ0n) is 16.2. The Balaban J connectivity index is 1.61. The van der Waals surface area contributed by atoms with Crippen molar-refractivity contribution in [2.45, 2.75) is 55.2 Å². The van der Waals surface area contributed by atoms with Crippen LogP contribution in [0.2, 0.25) is 0 Å². The highest BCUT2D eigenvalue weighted by Gasteiger charge is 2.21. The second-order valence-corrected chi connectivity index (χ2v) is 9.62. The van der Waals surface area contributed by atoms with Crippen LogP contribution < -0.4 is 10.1 Å². The topological polar surface area (TPSA) is 46.5 Å². The maximum absolute atomic E-state index is 14.2. The molecule has 1 unspecified atom stereocenters. The number of halogens is 2. The number of benzene rings is 1. The minimum Gasteiger partial charge on any atom is -0.450 e. The van der Waals surface area contributed by atoms with Crippen LogP contribution in [0.15, 0.2) is 40.4 Å². The summed E-state index contributed by atoms with van der Waals surface area (Å²) in [6.07, 6.45) is 7.66. The third-order valence-electron chi connectivity index (χ3n) is 4.84. The van der Waals surface area contributed by atoms with Crippen LogP contribution in [0.5, 0.6) is 11.5 Å². The SMILES string of the molecule is CC1CSC(Nc2cc(Oc3c(F)cccc3F)c(SC3CCCCC3)cn2)=N1. The summed E-state index contributed by atoms with van der Waals surface area (Å²) in [6.45, 7) is 2.05. The highest BCUT2D eigenvalue weighted by molar-refractivity contribution is 8.14. The molecule has 154 valence electrons. The summed E-state index contributed by atoms with van der Waals surface area (Å²) in [7, 11) is 0. The van der Waals surface area contributed by atoms with E-state index < -0.39 is 17.4 Å². The molecule has 0 saturated heterocycles. The lowest BCUT2D eigenvalue weighted by molar-refractivity contribution is 0.400. The number of pyridine rings is 1. The van der Waals surface area contributed by atoms with Crippen molar-refractivity contribution in [1.82, 2.24) is 4.98 Å². The molecule has 0 amide bonds. The molecule has 1 fully saturated rings. The Labute approximate surface area is 177 Å². The van der Waals surface area contributed by atoms with E-state index in [0.29, 0.717) is 16.8 Å². The van der Waals surface area contributed by atoms with Gasteiger partial charge >= 0.3 is 0 Å². The summed E-state index contributed by atoms with van der Waals surface area (Å²) in [5, 5.41) is 4.44. The van der Waals surface area contributed by atoms with Crippen molar-refractivity contribution in [3.63, 3.8) is 0 Å². The smallest absolute Gasteiger partial charge is 0.198 e. The van der Waals surface area contributed by atoms with E-state index in [4.69, 9.17) is 4.74 Å². The normalized spacial score (nSPS) is 19.8. The number of ether oxygens (including phenoxy) is 1. The second kappa shape index (κ2) is 9.34. The molecule has 29 heavy (non-hydrogen) atoms. The first kappa shape index (κ1) is 20.5. The molecule has 8 heteroatoms. The summed E-state index contributed by atoms with van der Waals surface area (Å²) >= 11 is 3.30. The Hall–Kier alpha value is -1.80. The molecule has 1 aliphatic heterocycles. The van der Waals surface area contributed by atoms with Gasteiger partial charge in [-0.25, -0.2) is 13.8 Å². The Morgan fingerprint density at radius 1 is 1.17 bits per heavy atom. The average molecular weight is 436 g/mol. The van der Waals surface area contributed by atoms with Gasteiger partial charge < -0.3 is 10.1 Å². The average Bonchev–Trinajstić information content (AvgIpc) is 3.12. The largest absolute Gasteiger partial charge is 0.450 e. The molecule has 1 saturated carbocycles. The predicted molar refractivity (Wildman–Crippen MR) is 116 cm³/mol. The fourth-order valence-electron chi connectivity index (χ4n) is 3.37. The van der Waals surface area contributed by atoms with Gasteiger partial charge in [-0.1, -0.05) is 37.1 Å².